The third-order valence-corrected chi connectivity index (χ3v) is 9.74. The van der Waals surface area contributed by atoms with Gasteiger partial charge >= 0.3 is 0 Å². The average Bonchev–Trinajstić information content (AvgIpc) is 3.59. The lowest BCUT2D eigenvalue weighted by atomic mass is 10.0. The second-order valence-corrected chi connectivity index (χ2v) is 13.1. The van der Waals surface area contributed by atoms with E-state index in [2.05, 4.69) is 9.72 Å². The first-order valence-electron chi connectivity index (χ1n) is 13.3. The van der Waals surface area contributed by atoms with Crippen molar-refractivity contribution in [1.82, 2.24) is 19.0 Å². The standard InChI is InChI=1S/C28H31ClFN5O4S/c1-16-27(17(2)39-32-16)18-4-7-24-23(14-18)31-28(35(24)19-10-12-33(13-11-19)40(3,37)38)25-8-9-26(36)34(25)20-5-6-22(30)21(29)15-20/h4-7,14-15,19,25-26,36H,8-13H2,1-3H3/t25-,26?/m0/s1. The zero-order valence-corrected chi connectivity index (χ0v) is 24.1. The Morgan fingerprint density at radius 3 is 2.48 bits per heavy atom. The number of hydrogen-bond donors (Lipinski definition) is 1. The van der Waals surface area contributed by atoms with Crippen molar-refractivity contribution in [2.24, 2.45) is 0 Å². The molecule has 1 unspecified atom stereocenters. The van der Waals surface area contributed by atoms with E-state index < -0.39 is 22.1 Å². The van der Waals surface area contributed by atoms with E-state index in [9.17, 15) is 17.9 Å². The van der Waals surface area contributed by atoms with Gasteiger partial charge in [-0.25, -0.2) is 22.1 Å². The van der Waals surface area contributed by atoms with Gasteiger partial charge in [0, 0.05) is 30.4 Å². The molecule has 2 aromatic carbocycles. The molecule has 0 amide bonds. The number of anilines is 1. The van der Waals surface area contributed by atoms with Crippen LogP contribution in [-0.2, 0) is 10.0 Å². The molecule has 2 fully saturated rings. The summed E-state index contributed by atoms with van der Waals surface area (Å²) in [6.07, 6.45) is 2.87. The smallest absolute Gasteiger partial charge is 0.211 e. The molecule has 0 saturated carbocycles. The predicted molar refractivity (Wildman–Crippen MR) is 151 cm³/mol. The summed E-state index contributed by atoms with van der Waals surface area (Å²) in [6.45, 7) is 4.63. The maximum absolute atomic E-state index is 14.0. The van der Waals surface area contributed by atoms with Crippen LogP contribution in [0.1, 0.15) is 55.0 Å². The molecule has 2 atom stereocenters. The minimum absolute atomic E-state index is 0.0129. The fourth-order valence-corrected chi connectivity index (χ4v) is 7.31. The highest BCUT2D eigenvalue weighted by molar-refractivity contribution is 7.88. The van der Waals surface area contributed by atoms with Gasteiger partial charge in [-0.15, -0.1) is 0 Å². The van der Waals surface area contributed by atoms with Crippen LogP contribution in [0.3, 0.4) is 0 Å². The first kappa shape index (κ1) is 27.2. The predicted octanol–water partition coefficient (Wildman–Crippen LogP) is 5.36. The lowest BCUT2D eigenvalue weighted by Crippen LogP contribution is -2.39. The number of rotatable bonds is 5. The molecule has 40 heavy (non-hydrogen) atoms. The van der Waals surface area contributed by atoms with Gasteiger partial charge in [0.05, 0.1) is 34.0 Å². The van der Waals surface area contributed by atoms with Crippen LogP contribution in [0, 0.1) is 19.7 Å². The molecule has 0 spiro atoms. The summed E-state index contributed by atoms with van der Waals surface area (Å²) in [5, 5.41) is 15.1. The molecule has 0 radical (unpaired) electrons. The van der Waals surface area contributed by atoms with E-state index in [1.165, 1.54) is 22.7 Å². The molecular formula is C28H31ClFN5O4S. The Morgan fingerprint density at radius 1 is 1.07 bits per heavy atom. The van der Waals surface area contributed by atoms with Crippen LogP contribution < -0.4 is 4.90 Å². The fourth-order valence-electron chi connectivity index (χ4n) is 6.26. The molecule has 2 aliphatic rings. The Bertz CT molecular complexity index is 1680. The number of fused-ring (bicyclic) bond motifs is 1. The molecule has 2 saturated heterocycles. The third-order valence-electron chi connectivity index (χ3n) is 8.15. The van der Waals surface area contributed by atoms with Crippen molar-refractivity contribution in [2.45, 2.75) is 57.8 Å². The highest BCUT2D eigenvalue weighted by Gasteiger charge is 2.39. The van der Waals surface area contributed by atoms with Crippen molar-refractivity contribution in [3.8, 4) is 11.1 Å². The maximum Gasteiger partial charge on any atom is 0.211 e. The van der Waals surface area contributed by atoms with Crippen LogP contribution in [-0.4, -0.2) is 58.1 Å². The van der Waals surface area contributed by atoms with Crippen LogP contribution in [0.25, 0.3) is 22.2 Å². The molecule has 9 nitrogen and oxygen atoms in total. The zero-order valence-electron chi connectivity index (χ0n) is 22.5. The second kappa shape index (κ2) is 10.1. The average molecular weight is 588 g/mol. The van der Waals surface area contributed by atoms with Gasteiger partial charge in [0.1, 0.15) is 23.6 Å². The zero-order chi connectivity index (χ0) is 28.3. The molecule has 1 N–H and O–H groups in total. The summed E-state index contributed by atoms with van der Waals surface area (Å²) < 4.78 is 47.5. The number of sulfonamides is 1. The normalized spacial score (nSPS) is 21.1. The van der Waals surface area contributed by atoms with Crippen molar-refractivity contribution >= 4 is 38.3 Å². The molecule has 0 bridgehead atoms. The Morgan fingerprint density at radius 2 is 1.82 bits per heavy atom. The van der Waals surface area contributed by atoms with Crippen LogP contribution >= 0.6 is 11.6 Å². The van der Waals surface area contributed by atoms with E-state index in [1.807, 2.05) is 36.9 Å². The van der Waals surface area contributed by atoms with Gasteiger partial charge in [-0.1, -0.05) is 22.8 Å². The van der Waals surface area contributed by atoms with Crippen molar-refractivity contribution in [1.29, 1.82) is 0 Å². The molecule has 4 aromatic rings. The number of halogens is 2. The Kier molecular flexibility index (Phi) is 6.89. The number of benzene rings is 2. The molecule has 2 aliphatic heterocycles. The molecule has 0 aliphatic carbocycles. The highest BCUT2D eigenvalue weighted by Crippen LogP contribution is 2.43. The van der Waals surface area contributed by atoms with Crippen molar-refractivity contribution in [2.75, 3.05) is 24.2 Å². The summed E-state index contributed by atoms with van der Waals surface area (Å²) >= 11 is 6.12. The van der Waals surface area contributed by atoms with Crippen LogP contribution in [0.4, 0.5) is 10.1 Å². The van der Waals surface area contributed by atoms with Crippen molar-refractivity contribution in [3.63, 3.8) is 0 Å². The number of imidazole rings is 1. The van der Waals surface area contributed by atoms with E-state index in [4.69, 9.17) is 21.1 Å². The summed E-state index contributed by atoms with van der Waals surface area (Å²) in [4.78, 5) is 6.99. The van der Waals surface area contributed by atoms with Crippen LogP contribution in [0.2, 0.25) is 5.02 Å². The number of aliphatic hydroxyl groups is 1. The Balaban J connectivity index is 1.47. The van der Waals surface area contributed by atoms with E-state index in [-0.39, 0.29) is 17.1 Å². The minimum Gasteiger partial charge on any atom is -0.374 e. The van der Waals surface area contributed by atoms with Gasteiger partial charge in [-0.2, -0.15) is 0 Å². The SMILES string of the molecule is Cc1noc(C)c1-c1ccc2c(c1)nc([C@@H]1CCC(O)N1c1ccc(F)c(Cl)c1)n2C1CCN(S(C)(=O)=O)CC1. The molecule has 4 heterocycles. The number of piperidine rings is 1. The van der Waals surface area contributed by atoms with Gasteiger partial charge in [-0.05, 0) is 75.4 Å². The van der Waals surface area contributed by atoms with Gasteiger partial charge < -0.3 is 19.1 Å². The molecular weight excluding hydrogens is 557 g/mol. The molecule has 212 valence electrons. The van der Waals surface area contributed by atoms with Gasteiger partial charge in [0.2, 0.25) is 10.0 Å². The summed E-state index contributed by atoms with van der Waals surface area (Å²) in [7, 11) is -3.28. The Labute approximate surface area is 237 Å². The number of aromatic nitrogens is 3. The van der Waals surface area contributed by atoms with Crippen LogP contribution in [0.5, 0.6) is 0 Å². The van der Waals surface area contributed by atoms with Crippen molar-refractivity contribution < 1.29 is 22.4 Å². The lowest BCUT2D eigenvalue weighted by Gasteiger charge is -2.35. The quantitative estimate of drug-likeness (QED) is 0.335. The summed E-state index contributed by atoms with van der Waals surface area (Å²) in [5.41, 5.74) is 5.00. The molecule has 12 heteroatoms. The van der Waals surface area contributed by atoms with E-state index in [1.54, 1.807) is 6.07 Å². The summed E-state index contributed by atoms with van der Waals surface area (Å²) in [6, 6.07) is 10.3. The van der Waals surface area contributed by atoms with E-state index >= 15 is 0 Å². The Hall–Kier alpha value is -2.99. The number of aryl methyl sites for hydroxylation is 2. The highest BCUT2D eigenvalue weighted by atomic mass is 35.5. The second-order valence-electron chi connectivity index (χ2n) is 10.7. The first-order chi connectivity index (χ1) is 19.0. The lowest BCUT2D eigenvalue weighted by molar-refractivity contribution is 0.182. The van der Waals surface area contributed by atoms with Gasteiger partial charge in [0.25, 0.3) is 0 Å². The van der Waals surface area contributed by atoms with Gasteiger partial charge in [-0.3, -0.25) is 0 Å². The van der Waals surface area contributed by atoms with Gasteiger partial charge in [0.15, 0.2) is 0 Å². The molecule has 6 rings (SSSR count). The fraction of sp³-hybridized carbons (Fsp3) is 0.429. The van der Waals surface area contributed by atoms with E-state index in [0.29, 0.717) is 44.5 Å². The van der Waals surface area contributed by atoms with E-state index in [0.717, 1.165) is 39.4 Å². The minimum atomic E-state index is -3.28. The largest absolute Gasteiger partial charge is 0.374 e. The monoisotopic (exact) mass is 587 g/mol. The number of aliphatic hydroxyl groups excluding tert-OH is 1. The third kappa shape index (κ3) is 4.68. The first-order valence-corrected chi connectivity index (χ1v) is 15.6. The number of nitrogens with zero attached hydrogens (tertiary/aromatic N) is 5. The van der Waals surface area contributed by atoms with Crippen molar-refractivity contribution in [3.05, 3.63) is 64.5 Å². The number of hydrogen-bond acceptors (Lipinski definition) is 7. The van der Waals surface area contributed by atoms with Crippen LogP contribution in [0.15, 0.2) is 40.9 Å². The molecule has 2 aromatic heterocycles. The topological polar surface area (TPSA) is 105 Å². The maximum atomic E-state index is 14.0. The summed E-state index contributed by atoms with van der Waals surface area (Å²) in [5.74, 6) is 0.982.